The van der Waals surface area contributed by atoms with Crippen LogP contribution in [-0.2, 0) is 12.0 Å². The molecule has 2 aromatic rings. The second-order valence-electron chi connectivity index (χ2n) is 6.23. The first kappa shape index (κ1) is 15.3. The Hall–Kier alpha value is -2.10. The number of anilines is 1. The van der Waals surface area contributed by atoms with E-state index in [9.17, 15) is 4.79 Å². The highest BCUT2D eigenvalue weighted by molar-refractivity contribution is 5.32. The summed E-state index contributed by atoms with van der Waals surface area (Å²) in [6, 6.07) is 8.29. The van der Waals surface area contributed by atoms with Crippen molar-refractivity contribution in [2.75, 3.05) is 11.9 Å². The van der Waals surface area contributed by atoms with E-state index in [0.29, 0.717) is 12.4 Å². The van der Waals surface area contributed by atoms with Gasteiger partial charge < -0.3 is 9.88 Å². The van der Waals surface area contributed by atoms with E-state index in [2.05, 4.69) is 29.4 Å². The number of nitrogens with zero attached hydrogens (tertiary/aromatic N) is 2. The van der Waals surface area contributed by atoms with Crippen molar-refractivity contribution < 1.29 is 0 Å². The van der Waals surface area contributed by atoms with Gasteiger partial charge >= 0.3 is 0 Å². The minimum Gasteiger partial charge on any atom is -0.365 e. The molecule has 112 valence electrons. The Morgan fingerprint density at radius 3 is 2.62 bits per heavy atom. The van der Waals surface area contributed by atoms with Crippen LogP contribution in [0.15, 0.2) is 41.5 Å². The van der Waals surface area contributed by atoms with Crippen molar-refractivity contribution in [3.63, 3.8) is 0 Å². The molecule has 0 fully saturated rings. The number of hydrogen-bond acceptors (Lipinski definition) is 3. The topological polar surface area (TPSA) is 46.9 Å². The summed E-state index contributed by atoms with van der Waals surface area (Å²) in [5.41, 5.74) is 2.24. The Morgan fingerprint density at radius 2 is 1.95 bits per heavy atom. The molecule has 0 aliphatic carbocycles. The molecule has 21 heavy (non-hydrogen) atoms. The molecule has 0 bridgehead atoms. The zero-order valence-corrected chi connectivity index (χ0v) is 13.2. The van der Waals surface area contributed by atoms with E-state index in [-0.39, 0.29) is 11.1 Å². The van der Waals surface area contributed by atoms with Crippen LogP contribution in [-0.4, -0.2) is 16.1 Å². The van der Waals surface area contributed by atoms with Crippen LogP contribution in [0.2, 0.25) is 0 Å². The van der Waals surface area contributed by atoms with E-state index in [1.165, 1.54) is 11.1 Å². The first-order valence-corrected chi connectivity index (χ1v) is 7.26. The quantitative estimate of drug-likeness (QED) is 0.939. The van der Waals surface area contributed by atoms with Crippen LogP contribution in [0, 0.1) is 6.92 Å². The molecule has 4 heteroatoms. The molecular formula is C17H23N3O. The fourth-order valence-corrected chi connectivity index (χ4v) is 2.27. The lowest BCUT2D eigenvalue weighted by molar-refractivity contribution is 0.383. The fraction of sp³-hybridized carbons (Fsp3) is 0.412. The van der Waals surface area contributed by atoms with Crippen molar-refractivity contribution in [3.05, 3.63) is 58.1 Å². The van der Waals surface area contributed by atoms with Gasteiger partial charge in [0.25, 0.3) is 5.56 Å². The highest BCUT2D eigenvalue weighted by Crippen LogP contribution is 2.11. The Bertz CT molecular complexity index is 668. The second kappa shape index (κ2) is 6.12. The molecular weight excluding hydrogens is 262 g/mol. The van der Waals surface area contributed by atoms with Gasteiger partial charge in [0.1, 0.15) is 0 Å². The van der Waals surface area contributed by atoms with E-state index < -0.39 is 0 Å². The van der Waals surface area contributed by atoms with Gasteiger partial charge in [0.05, 0.1) is 0 Å². The van der Waals surface area contributed by atoms with Gasteiger partial charge in [-0.1, -0.05) is 24.3 Å². The van der Waals surface area contributed by atoms with Gasteiger partial charge in [0.2, 0.25) is 0 Å². The van der Waals surface area contributed by atoms with Gasteiger partial charge in [-0.15, -0.1) is 0 Å². The molecule has 0 aliphatic heterocycles. The van der Waals surface area contributed by atoms with Crippen LogP contribution in [0.1, 0.15) is 31.9 Å². The van der Waals surface area contributed by atoms with Gasteiger partial charge in [0.15, 0.2) is 5.82 Å². The third kappa shape index (κ3) is 3.72. The molecule has 0 atom stereocenters. The number of rotatable bonds is 4. The van der Waals surface area contributed by atoms with Crippen LogP contribution in [0.5, 0.6) is 0 Å². The normalized spacial score (nSPS) is 11.4. The maximum absolute atomic E-state index is 12.4. The molecule has 1 heterocycles. The number of nitrogens with one attached hydrogen (secondary N) is 1. The predicted molar refractivity (Wildman–Crippen MR) is 86.9 cm³/mol. The lowest BCUT2D eigenvalue weighted by Crippen LogP contribution is -2.35. The van der Waals surface area contributed by atoms with Crippen molar-refractivity contribution in [2.24, 2.45) is 0 Å². The van der Waals surface area contributed by atoms with Crippen molar-refractivity contribution >= 4 is 5.82 Å². The Balaban J connectivity index is 2.08. The van der Waals surface area contributed by atoms with E-state index in [1.807, 2.05) is 32.9 Å². The third-order valence-corrected chi connectivity index (χ3v) is 3.51. The zero-order chi connectivity index (χ0) is 15.5. The largest absolute Gasteiger partial charge is 0.365 e. The first-order chi connectivity index (χ1) is 9.89. The maximum atomic E-state index is 12.4. The highest BCUT2D eigenvalue weighted by atomic mass is 16.1. The third-order valence-electron chi connectivity index (χ3n) is 3.51. The molecule has 4 nitrogen and oxygen atoms in total. The van der Waals surface area contributed by atoms with Gasteiger partial charge in [-0.05, 0) is 45.2 Å². The number of hydrogen-bond donors (Lipinski definition) is 1. The number of aromatic nitrogens is 2. The van der Waals surface area contributed by atoms with Gasteiger partial charge in [-0.2, -0.15) is 0 Å². The SMILES string of the molecule is Cc1ccccc1CCNc1nccn(C(C)(C)C)c1=O. The van der Waals surface area contributed by atoms with Crippen molar-refractivity contribution in [1.29, 1.82) is 0 Å². The minimum atomic E-state index is -0.244. The molecule has 0 spiro atoms. The minimum absolute atomic E-state index is 0.0743. The molecule has 0 radical (unpaired) electrons. The predicted octanol–water partition coefficient (Wildman–Crippen LogP) is 2.96. The molecule has 1 N–H and O–H groups in total. The molecule has 1 aromatic carbocycles. The molecule has 2 rings (SSSR count). The van der Waals surface area contributed by atoms with Crippen molar-refractivity contribution in [1.82, 2.24) is 9.55 Å². The Labute approximate surface area is 125 Å². The maximum Gasteiger partial charge on any atom is 0.293 e. The summed E-state index contributed by atoms with van der Waals surface area (Å²) < 4.78 is 1.70. The van der Waals surface area contributed by atoms with Gasteiger partial charge in [-0.25, -0.2) is 4.98 Å². The summed E-state index contributed by atoms with van der Waals surface area (Å²) in [6.45, 7) is 8.81. The molecule has 0 saturated heterocycles. The number of benzene rings is 1. The summed E-state index contributed by atoms with van der Waals surface area (Å²) in [5.74, 6) is 0.418. The van der Waals surface area contributed by atoms with Crippen LogP contribution in [0.25, 0.3) is 0 Å². The smallest absolute Gasteiger partial charge is 0.293 e. The summed E-state index contributed by atoms with van der Waals surface area (Å²) in [6.07, 6.45) is 4.27. The monoisotopic (exact) mass is 285 g/mol. The summed E-state index contributed by atoms with van der Waals surface area (Å²) in [5, 5.41) is 3.16. The van der Waals surface area contributed by atoms with E-state index in [1.54, 1.807) is 17.0 Å². The molecule has 0 unspecified atom stereocenters. The average molecular weight is 285 g/mol. The summed E-state index contributed by atoms with van der Waals surface area (Å²) in [4.78, 5) is 16.5. The molecule has 1 aromatic heterocycles. The fourth-order valence-electron chi connectivity index (χ4n) is 2.27. The lowest BCUT2D eigenvalue weighted by Gasteiger charge is -2.22. The Kier molecular flexibility index (Phi) is 4.46. The van der Waals surface area contributed by atoms with Crippen LogP contribution >= 0.6 is 0 Å². The van der Waals surface area contributed by atoms with E-state index >= 15 is 0 Å². The standard InChI is InChI=1S/C17H23N3O/c1-13-7-5-6-8-14(13)9-10-18-15-16(21)20(12-11-19-15)17(2,3)4/h5-8,11-12H,9-10H2,1-4H3,(H,18,19). The average Bonchev–Trinajstić information content (AvgIpc) is 2.41. The van der Waals surface area contributed by atoms with Crippen LogP contribution < -0.4 is 10.9 Å². The molecule has 0 amide bonds. The van der Waals surface area contributed by atoms with Crippen molar-refractivity contribution in [2.45, 2.75) is 39.7 Å². The van der Waals surface area contributed by atoms with Crippen LogP contribution in [0.3, 0.4) is 0 Å². The van der Waals surface area contributed by atoms with Crippen LogP contribution in [0.4, 0.5) is 5.82 Å². The summed E-state index contributed by atoms with van der Waals surface area (Å²) in [7, 11) is 0. The van der Waals surface area contributed by atoms with Gasteiger partial charge in [-0.3, -0.25) is 4.79 Å². The molecule has 0 saturated carbocycles. The number of aryl methyl sites for hydroxylation is 1. The zero-order valence-electron chi connectivity index (χ0n) is 13.2. The van der Waals surface area contributed by atoms with Gasteiger partial charge in [0, 0.05) is 24.5 Å². The van der Waals surface area contributed by atoms with E-state index in [4.69, 9.17) is 0 Å². The summed E-state index contributed by atoms with van der Waals surface area (Å²) >= 11 is 0. The first-order valence-electron chi connectivity index (χ1n) is 7.26. The lowest BCUT2D eigenvalue weighted by atomic mass is 10.1. The van der Waals surface area contributed by atoms with E-state index in [0.717, 1.165) is 6.42 Å². The Morgan fingerprint density at radius 1 is 1.24 bits per heavy atom. The second-order valence-corrected chi connectivity index (χ2v) is 6.23. The molecule has 0 aliphatic rings. The van der Waals surface area contributed by atoms with Crippen molar-refractivity contribution in [3.8, 4) is 0 Å². The highest BCUT2D eigenvalue weighted by Gasteiger charge is 2.16.